The Morgan fingerprint density at radius 1 is 0.857 bits per heavy atom. The molecule has 0 aliphatic heterocycles. The van der Waals surface area contributed by atoms with Gasteiger partial charge in [-0.3, -0.25) is 9.59 Å². The van der Waals surface area contributed by atoms with Crippen molar-refractivity contribution >= 4 is 17.3 Å². The van der Waals surface area contributed by atoms with Crippen LogP contribution in [0.2, 0.25) is 0 Å². The van der Waals surface area contributed by atoms with Crippen LogP contribution < -0.4 is 16.4 Å². The Hall–Kier alpha value is -2.54. The third-order valence-corrected chi connectivity index (χ3v) is 5.49. The van der Waals surface area contributed by atoms with Crippen LogP contribution in [0.5, 0.6) is 0 Å². The predicted molar refractivity (Wildman–Crippen MR) is 112 cm³/mol. The summed E-state index contributed by atoms with van der Waals surface area (Å²) in [7, 11) is 4.14. The topological polar surface area (TPSA) is 84.2 Å². The molecule has 28 heavy (non-hydrogen) atoms. The molecule has 6 nitrogen and oxygen atoms in total. The summed E-state index contributed by atoms with van der Waals surface area (Å²) in [6.07, 6.45) is 0. The molecule has 1 aliphatic rings. The number of rotatable bonds is 9. The maximum atomic E-state index is 13.1. The zero-order valence-corrected chi connectivity index (χ0v) is 16.6. The highest BCUT2D eigenvalue weighted by Crippen LogP contribution is 2.31. The Kier molecular flexibility index (Phi) is 6.24. The second-order valence-electron chi connectivity index (χ2n) is 7.54. The van der Waals surface area contributed by atoms with Crippen molar-refractivity contribution in [3.8, 4) is 0 Å². The van der Waals surface area contributed by atoms with Crippen LogP contribution in [-0.2, 0) is 0 Å². The molecule has 0 heterocycles. The average Bonchev–Trinajstić information content (AvgIpc) is 2.70. The second kappa shape index (κ2) is 8.65. The molecular formula is C22H29N4O2+. The predicted octanol–water partition coefficient (Wildman–Crippen LogP) is 1.50. The van der Waals surface area contributed by atoms with Gasteiger partial charge < -0.3 is 20.9 Å². The highest BCUT2D eigenvalue weighted by Gasteiger charge is 2.31. The second-order valence-corrected chi connectivity index (χ2v) is 7.54. The van der Waals surface area contributed by atoms with Gasteiger partial charge in [0.15, 0.2) is 11.6 Å². The summed E-state index contributed by atoms with van der Waals surface area (Å²) in [5.74, 6) is -0.186. The number of likely N-dealkylation sites (N-methyl/N-ethyl adjacent to an activating group) is 2. The summed E-state index contributed by atoms with van der Waals surface area (Å²) in [6, 6.07) is 12.5. The van der Waals surface area contributed by atoms with Crippen molar-refractivity contribution in [2.24, 2.45) is 5.73 Å². The fourth-order valence-corrected chi connectivity index (χ4v) is 3.78. The SMILES string of the molecule is CNCC[N+](C)(CCN)CCNc1cccc2c1C(=O)c1ccccc1C2=O. The van der Waals surface area contributed by atoms with Crippen molar-refractivity contribution in [2.45, 2.75) is 0 Å². The van der Waals surface area contributed by atoms with Gasteiger partial charge in [-0.1, -0.05) is 36.4 Å². The maximum absolute atomic E-state index is 13.1. The number of benzene rings is 2. The number of ketones is 2. The van der Waals surface area contributed by atoms with Gasteiger partial charge in [0.1, 0.15) is 0 Å². The molecule has 0 saturated carbocycles. The van der Waals surface area contributed by atoms with Gasteiger partial charge in [0.2, 0.25) is 0 Å². The minimum atomic E-state index is -0.0947. The number of nitrogens with two attached hydrogens (primary N) is 1. The van der Waals surface area contributed by atoms with Crippen LogP contribution in [0.1, 0.15) is 31.8 Å². The molecule has 0 spiro atoms. The first-order chi connectivity index (χ1) is 13.5. The molecule has 0 saturated heterocycles. The summed E-state index contributed by atoms with van der Waals surface area (Å²) in [5.41, 5.74) is 8.44. The quantitative estimate of drug-likeness (QED) is 0.489. The molecule has 2 aromatic carbocycles. The van der Waals surface area contributed by atoms with Crippen LogP contribution in [0, 0.1) is 0 Å². The van der Waals surface area contributed by atoms with Crippen molar-refractivity contribution in [1.82, 2.24) is 5.32 Å². The molecule has 0 radical (unpaired) electrons. The molecule has 148 valence electrons. The van der Waals surface area contributed by atoms with Crippen molar-refractivity contribution in [2.75, 3.05) is 58.7 Å². The highest BCUT2D eigenvalue weighted by molar-refractivity contribution is 6.30. The molecule has 1 aliphatic carbocycles. The summed E-state index contributed by atoms with van der Waals surface area (Å²) in [6.45, 7) is 4.99. The Morgan fingerprint density at radius 2 is 1.50 bits per heavy atom. The Balaban J connectivity index is 1.80. The fraction of sp³-hybridized carbons (Fsp3) is 0.364. The number of quaternary nitrogens is 1. The standard InChI is InChI=1S/C22H28N4O2/c1-24-11-14-26(2,13-10-23)15-12-25-19-9-5-8-18-20(19)22(28)17-7-4-3-6-16(17)21(18)27/h3-9,24H,10-15,23H2,1-2H3/p+1. The Bertz CT molecular complexity index is 881. The zero-order chi connectivity index (χ0) is 20.1. The van der Waals surface area contributed by atoms with E-state index in [0.717, 1.165) is 36.3 Å². The Labute approximate surface area is 166 Å². The van der Waals surface area contributed by atoms with Gasteiger partial charge >= 0.3 is 0 Å². The maximum Gasteiger partial charge on any atom is 0.196 e. The molecule has 1 unspecified atom stereocenters. The molecule has 0 bridgehead atoms. The molecule has 0 amide bonds. The van der Waals surface area contributed by atoms with Crippen LogP contribution in [0.25, 0.3) is 0 Å². The average molecular weight is 382 g/mol. The van der Waals surface area contributed by atoms with E-state index in [1.807, 2.05) is 19.2 Å². The molecule has 2 aromatic rings. The van der Waals surface area contributed by atoms with Crippen LogP contribution in [0.3, 0.4) is 0 Å². The molecule has 0 fully saturated rings. The lowest BCUT2D eigenvalue weighted by Crippen LogP contribution is -2.52. The molecule has 1 atom stereocenters. The fourth-order valence-electron chi connectivity index (χ4n) is 3.78. The van der Waals surface area contributed by atoms with Crippen molar-refractivity contribution in [3.63, 3.8) is 0 Å². The van der Waals surface area contributed by atoms with E-state index in [1.54, 1.807) is 30.3 Å². The van der Waals surface area contributed by atoms with Crippen LogP contribution in [0.15, 0.2) is 42.5 Å². The third-order valence-electron chi connectivity index (χ3n) is 5.49. The van der Waals surface area contributed by atoms with Crippen molar-refractivity contribution < 1.29 is 14.1 Å². The number of hydrogen-bond acceptors (Lipinski definition) is 5. The van der Waals surface area contributed by atoms with Gasteiger partial charge in [0.25, 0.3) is 0 Å². The van der Waals surface area contributed by atoms with E-state index in [-0.39, 0.29) is 11.6 Å². The summed E-state index contributed by atoms with van der Waals surface area (Å²) < 4.78 is 0.842. The first kappa shape index (κ1) is 20.2. The van der Waals surface area contributed by atoms with E-state index in [1.165, 1.54) is 0 Å². The minimum absolute atomic E-state index is 0.0911. The van der Waals surface area contributed by atoms with E-state index in [9.17, 15) is 9.59 Å². The van der Waals surface area contributed by atoms with Crippen LogP contribution in [-0.4, -0.2) is 69.4 Å². The smallest absolute Gasteiger partial charge is 0.196 e. The lowest BCUT2D eigenvalue weighted by Gasteiger charge is -2.34. The summed E-state index contributed by atoms with van der Waals surface area (Å²) >= 11 is 0. The van der Waals surface area contributed by atoms with Gasteiger partial charge in [0.05, 0.1) is 38.8 Å². The number of hydrogen-bond donors (Lipinski definition) is 3. The van der Waals surface area contributed by atoms with E-state index >= 15 is 0 Å². The molecular weight excluding hydrogens is 352 g/mol. The Morgan fingerprint density at radius 3 is 2.18 bits per heavy atom. The number of nitrogens with one attached hydrogen (secondary N) is 2. The number of carbonyl (C=O) groups is 2. The van der Waals surface area contributed by atoms with Gasteiger partial charge in [-0.2, -0.15) is 0 Å². The third kappa shape index (κ3) is 3.99. The molecule has 6 heteroatoms. The van der Waals surface area contributed by atoms with Gasteiger partial charge in [0, 0.05) is 35.5 Å². The molecule has 4 N–H and O–H groups in total. The van der Waals surface area contributed by atoms with E-state index < -0.39 is 0 Å². The van der Waals surface area contributed by atoms with Crippen LogP contribution in [0.4, 0.5) is 5.69 Å². The minimum Gasteiger partial charge on any atom is -0.379 e. The first-order valence-electron chi connectivity index (χ1n) is 9.74. The summed E-state index contributed by atoms with van der Waals surface area (Å²) in [4.78, 5) is 25.9. The normalized spacial score (nSPS) is 15.0. The number of fused-ring (bicyclic) bond motifs is 2. The van der Waals surface area contributed by atoms with Gasteiger partial charge in [-0.05, 0) is 13.1 Å². The number of carbonyl (C=O) groups excluding carboxylic acids is 2. The van der Waals surface area contributed by atoms with Crippen molar-refractivity contribution in [3.05, 3.63) is 64.7 Å². The van der Waals surface area contributed by atoms with E-state index in [4.69, 9.17) is 5.73 Å². The summed E-state index contributed by atoms with van der Waals surface area (Å²) in [5, 5.41) is 6.59. The first-order valence-corrected chi connectivity index (χ1v) is 9.74. The monoisotopic (exact) mass is 381 g/mol. The lowest BCUT2D eigenvalue weighted by molar-refractivity contribution is -0.905. The molecule has 3 rings (SSSR count). The highest BCUT2D eigenvalue weighted by atomic mass is 16.1. The van der Waals surface area contributed by atoms with Gasteiger partial charge in [-0.15, -0.1) is 0 Å². The van der Waals surface area contributed by atoms with E-state index in [2.05, 4.69) is 17.7 Å². The number of nitrogens with zero attached hydrogens (tertiary/aromatic N) is 1. The zero-order valence-electron chi connectivity index (χ0n) is 16.6. The van der Waals surface area contributed by atoms with Crippen LogP contribution >= 0.6 is 0 Å². The number of anilines is 1. The largest absolute Gasteiger partial charge is 0.379 e. The van der Waals surface area contributed by atoms with Gasteiger partial charge in [-0.25, -0.2) is 0 Å². The molecule has 0 aromatic heterocycles. The van der Waals surface area contributed by atoms with Crippen molar-refractivity contribution in [1.29, 1.82) is 0 Å². The van der Waals surface area contributed by atoms with E-state index in [0.29, 0.717) is 35.3 Å². The lowest BCUT2D eigenvalue weighted by atomic mass is 9.83.